The first-order chi connectivity index (χ1) is 24.1. The van der Waals surface area contributed by atoms with E-state index >= 15 is 0 Å². The highest BCUT2D eigenvalue weighted by molar-refractivity contribution is 5.98. The van der Waals surface area contributed by atoms with E-state index in [1.807, 2.05) is 26.8 Å². The Morgan fingerprint density at radius 2 is 1.53 bits per heavy atom. The number of allylic oxidation sites excluding steroid dienone is 2. The fourth-order valence-corrected chi connectivity index (χ4v) is 11.0. The van der Waals surface area contributed by atoms with E-state index in [1.54, 1.807) is 20.8 Å². The summed E-state index contributed by atoms with van der Waals surface area (Å²) < 4.78 is 23.7. The van der Waals surface area contributed by atoms with Gasteiger partial charge in [0.05, 0.1) is 17.8 Å². The van der Waals surface area contributed by atoms with Gasteiger partial charge in [0.15, 0.2) is 30.1 Å². The second-order valence-corrected chi connectivity index (χ2v) is 18.2. The van der Waals surface area contributed by atoms with Crippen LogP contribution in [0.4, 0.5) is 0 Å². The predicted molar refractivity (Wildman–Crippen MR) is 189 cm³/mol. The molecule has 1 aliphatic heterocycles. The zero-order valence-electron chi connectivity index (χ0n) is 32.8. The molecule has 53 heavy (non-hydrogen) atoms. The minimum absolute atomic E-state index is 0.0691. The Balaban J connectivity index is 1.64. The highest BCUT2D eigenvalue weighted by atomic mass is 16.7. The lowest BCUT2D eigenvalue weighted by molar-refractivity contribution is -0.314. The minimum Gasteiger partial charge on any atom is -0.457 e. The van der Waals surface area contributed by atoms with E-state index in [2.05, 4.69) is 0 Å². The number of hydrogen-bond acceptors (Lipinski definition) is 13. The van der Waals surface area contributed by atoms with Crippen LogP contribution in [0, 0.1) is 39.4 Å². The van der Waals surface area contributed by atoms with Crippen molar-refractivity contribution in [2.24, 2.45) is 39.4 Å². The van der Waals surface area contributed by atoms with Crippen LogP contribution in [0.5, 0.6) is 0 Å². The molecular weight excluding hydrogens is 688 g/mol. The van der Waals surface area contributed by atoms with Crippen molar-refractivity contribution in [2.45, 2.75) is 156 Å². The van der Waals surface area contributed by atoms with E-state index in [4.69, 9.17) is 18.9 Å². The van der Waals surface area contributed by atoms with Crippen molar-refractivity contribution in [3.05, 3.63) is 23.8 Å². The van der Waals surface area contributed by atoms with Crippen LogP contribution in [-0.2, 0) is 42.9 Å². The van der Waals surface area contributed by atoms with E-state index in [0.29, 0.717) is 6.42 Å². The van der Waals surface area contributed by atoms with Gasteiger partial charge >= 0.3 is 11.9 Å². The zero-order chi connectivity index (χ0) is 40.0. The molecule has 0 amide bonds. The molecule has 1 saturated heterocycles. The number of esters is 2. The fraction of sp³-hybridized carbons (Fsp3) is 0.775. The molecule has 0 radical (unpaired) electrons. The fourth-order valence-electron chi connectivity index (χ4n) is 11.0. The van der Waals surface area contributed by atoms with Gasteiger partial charge in [0.1, 0.15) is 23.6 Å². The minimum atomic E-state index is -2.17. The van der Waals surface area contributed by atoms with Gasteiger partial charge in [-0.3, -0.25) is 24.0 Å². The first-order valence-corrected chi connectivity index (χ1v) is 18.6. The lowest BCUT2D eigenvalue weighted by atomic mass is 9.38. The van der Waals surface area contributed by atoms with Gasteiger partial charge < -0.3 is 39.4 Å². The van der Waals surface area contributed by atoms with Crippen molar-refractivity contribution < 1.29 is 63.3 Å². The van der Waals surface area contributed by atoms with Gasteiger partial charge in [0.25, 0.3) is 0 Å². The van der Waals surface area contributed by atoms with Crippen molar-refractivity contribution in [3.63, 3.8) is 0 Å². The Bertz CT molecular complexity index is 1600. The zero-order valence-corrected chi connectivity index (χ0v) is 32.8. The standard InChI is InChI=1S/C40H58O13/c1-19-30(51-20(2)41)29(46)31(52-21(3)42)34(50-19)53-25-17-37(8)26-13-12-22-23(16-24(43)33(47)36(22,6)7)39(26,10)28(45)18-38(37,9)32(25)40(11,49)27(44)14-15-35(4,5)48/h12,14-15,19,23-26,29-32,34,43,46,48-49H,13,16-18H2,1-11H3/b15-14+/t19-,23+,24-,25+,26-,29-,30-,31-,32-,34-,37-,38+,39-,40-/m0/s1. The average molecular weight is 747 g/mol. The van der Waals surface area contributed by atoms with Crippen molar-refractivity contribution in [1.29, 1.82) is 0 Å². The maximum atomic E-state index is 14.9. The van der Waals surface area contributed by atoms with E-state index in [0.717, 1.165) is 18.6 Å². The molecule has 4 fully saturated rings. The molecule has 0 aromatic carbocycles. The Hall–Kier alpha value is -2.81. The summed E-state index contributed by atoms with van der Waals surface area (Å²) in [4.78, 5) is 66.3. The smallest absolute Gasteiger partial charge is 0.303 e. The number of aliphatic hydroxyl groups is 4. The van der Waals surface area contributed by atoms with Gasteiger partial charge in [-0.25, -0.2) is 0 Å². The van der Waals surface area contributed by atoms with Crippen LogP contribution in [0.1, 0.15) is 102 Å². The summed E-state index contributed by atoms with van der Waals surface area (Å²) in [5, 5.41) is 45.2. The molecule has 0 aromatic rings. The topological polar surface area (TPSA) is 203 Å². The lowest BCUT2D eigenvalue weighted by Gasteiger charge is -2.64. The largest absolute Gasteiger partial charge is 0.457 e. The third-order valence-corrected chi connectivity index (χ3v) is 13.8. The third-order valence-electron chi connectivity index (χ3n) is 13.8. The van der Waals surface area contributed by atoms with Crippen LogP contribution >= 0.6 is 0 Å². The van der Waals surface area contributed by atoms with E-state index in [1.165, 1.54) is 33.8 Å². The molecule has 3 saturated carbocycles. The molecule has 13 heteroatoms. The first-order valence-electron chi connectivity index (χ1n) is 18.6. The SMILES string of the molecule is CC(=O)O[C@@H]1[C@H](O[C@@H]2C[C@@]3(C)[C@@H]4CC=C5[C@@H](C[C@H](O)C(=O)C5(C)C)[C@]4(C)C(=O)C[C@]3(C)[C@H]2[C@@](C)(O)C(=O)/C=C/C(C)(C)O)O[C@@H](C)[C@H](OC(C)=O)[C@@H]1O. The van der Waals surface area contributed by atoms with Gasteiger partial charge in [0, 0.05) is 37.0 Å². The Morgan fingerprint density at radius 1 is 0.943 bits per heavy atom. The normalized spacial score (nSPS) is 43.6. The lowest BCUT2D eigenvalue weighted by Crippen LogP contribution is -2.65. The number of aliphatic hydroxyl groups excluding tert-OH is 2. The summed E-state index contributed by atoms with van der Waals surface area (Å²) in [6.07, 6.45) is -3.79. The van der Waals surface area contributed by atoms with Crippen molar-refractivity contribution in [3.8, 4) is 0 Å². The van der Waals surface area contributed by atoms with Crippen LogP contribution in [0.3, 0.4) is 0 Å². The molecule has 296 valence electrons. The molecular formula is C40H58O13. The van der Waals surface area contributed by atoms with Gasteiger partial charge in [-0.15, -0.1) is 0 Å². The molecule has 5 aliphatic rings. The third kappa shape index (κ3) is 6.56. The van der Waals surface area contributed by atoms with Crippen molar-refractivity contribution >= 4 is 29.3 Å². The number of carbonyl (C=O) groups excluding carboxylic acids is 5. The van der Waals surface area contributed by atoms with Gasteiger partial charge in [0.2, 0.25) is 0 Å². The number of hydrogen-bond donors (Lipinski definition) is 4. The second kappa shape index (κ2) is 13.4. The predicted octanol–water partition coefficient (Wildman–Crippen LogP) is 2.92. The first kappa shape index (κ1) is 41.4. The second-order valence-electron chi connectivity index (χ2n) is 18.2. The number of ether oxygens (including phenoxy) is 4. The summed E-state index contributed by atoms with van der Waals surface area (Å²) in [5.74, 6) is -4.46. The summed E-state index contributed by atoms with van der Waals surface area (Å²) in [7, 11) is 0. The number of Topliss-reactive ketones (excluding diaryl/α,β-unsaturated/α-hetero) is 2. The number of rotatable bonds is 8. The van der Waals surface area contributed by atoms with E-state index < -0.39 is 105 Å². The van der Waals surface area contributed by atoms with Crippen LogP contribution in [0.2, 0.25) is 0 Å². The maximum Gasteiger partial charge on any atom is 0.303 e. The van der Waals surface area contributed by atoms with Gasteiger partial charge in [-0.1, -0.05) is 38.5 Å². The number of ketones is 3. The summed E-state index contributed by atoms with van der Waals surface area (Å²) in [6, 6.07) is 0. The molecule has 4 N–H and O–H groups in total. The molecule has 4 aliphatic carbocycles. The average Bonchev–Trinajstić information content (AvgIpc) is 3.24. The molecule has 0 aromatic heterocycles. The summed E-state index contributed by atoms with van der Waals surface area (Å²) in [5.41, 5.74) is -6.62. The van der Waals surface area contributed by atoms with Crippen LogP contribution < -0.4 is 0 Å². The Kier molecular flexibility index (Phi) is 10.5. The molecule has 0 spiro atoms. The maximum absolute atomic E-state index is 14.9. The monoisotopic (exact) mass is 746 g/mol. The van der Waals surface area contributed by atoms with Crippen LogP contribution in [0.15, 0.2) is 23.8 Å². The molecule has 14 atom stereocenters. The van der Waals surface area contributed by atoms with Gasteiger partial charge in [-0.05, 0) is 89.5 Å². The van der Waals surface area contributed by atoms with E-state index in [-0.39, 0.29) is 36.7 Å². The number of fused-ring (bicyclic) bond motifs is 5. The molecule has 0 unspecified atom stereocenters. The van der Waals surface area contributed by atoms with Crippen molar-refractivity contribution in [2.75, 3.05) is 0 Å². The quantitative estimate of drug-likeness (QED) is 0.161. The molecule has 5 rings (SSSR count). The molecule has 1 heterocycles. The summed E-state index contributed by atoms with van der Waals surface area (Å²) in [6.45, 7) is 17.6. The number of carbonyl (C=O) groups is 5. The van der Waals surface area contributed by atoms with Crippen molar-refractivity contribution in [1.82, 2.24) is 0 Å². The van der Waals surface area contributed by atoms with Crippen LogP contribution in [0.25, 0.3) is 0 Å². The molecule has 0 bridgehead atoms. The van der Waals surface area contributed by atoms with Gasteiger partial charge in [-0.2, -0.15) is 0 Å². The van der Waals surface area contributed by atoms with E-state index in [9.17, 15) is 44.4 Å². The Morgan fingerprint density at radius 3 is 2.09 bits per heavy atom. The highest BCUT2D eigenvalue weighted by Crippen LogP contribution is 2.74. The summed E-state index contributed by atoms with van der Waals surface area (Å²) >= 11 is 0. The highest BCUT2D eigenvalue weighted by Gasteiger charge is 2.75. The Labute approximate surface area is 311 Å². The molecule has 13 nitrogen and oxygen atoms in total. The van der Waals surface area contributed by atoms with Crippen LogP contribution in [-0.4, -0.2) is 104 Å².